The number of carbonyl (C=O) groups excluding carboxylic acids is 1. The summed E-state index contributed by atoms with van der Waals surface area (Å²) in [6.45, 7) is 0. The first-order valence-corrected chi connectivity index (χ1v) is 8.89. The molecule has 1 heterocycles. The van der Waals surface area contributed by atoms with Gasteiger partial charge in [0.25, 0.3) is 0 Å². The minimum Gasteiger partial charge on any atom is -0.289 e. The zero-order valence-corrected chi connectivity index (χ0v) is 14.2. The van der Waals surface area contributed by atoms with Crippen LogP contribution in [-0.4, -0.2) is 17.3 Å². The van der Waals surface area contributed by atoms with E-state index in [-0.39, 0.29) is 5.78 Å². The van der Waals surface area contributed by atoms with E-state index in [2.05, 4.69) is 12.1 Å². The molecule has 0 saturated carbocycles. The number of Topliss-reactive ketones (excluding diaryl/α,β-unsaturated/α-hetero) is 1. The molecule has 0 bridgehead atoms. The number of hydrogen-bond acceptors (Lipinski definition) is 4. The third-order valence-electron chi connectivity index (χ3n) is 3.81. The fraction of sp³-hybridized carbons (Fsp3) is 0.0952. The molecular formula is C21H14N2OS. The second kappa shape index (κ2) is 7.66. The van der Waals surface area contributed by atoms with Gasteiger partial charge in [0, 0.05) is 22.7 Å². The zero-order chi connectivity index (χ0) is 17.6. The molecule has 0 amide bonds. The molecule has 0 N–H and O–H groups in total. The van der Waals surface area contributed by atoms with Gasteiger partial charge in [0.05, 0.1) is 23.3 Å². The van der Waals surface area contributed by atoms with Gasteiger partial charge in [0.1, 0.15) is 0 Å². The Morgan fingerprint density at radius 3 is 1.76 bits per heavy atom. The van der Waals surface area contributed by atoms with Gasteiger partial charge in [-0.2, -0.15) is 22.3 Å². The third-order valence-corrected chi connectivity index (χ3v) is 4.84. The Bertz CT molecular complexity index is 896. The van der Waals surface area contributed by atoms with E-state index in [1.807, 2.05) is 36.4 Å². The van der Waals surface area contributed by atoms with Crippen LogP contribution in [0.15, 0.2) is 59.7 Å². The van der Waals surface area contributed by atoms with Crippen molar-refractivity contribution in [2.24, 2.45) is 0 Å². The number of ketones is 1. The lowest BCUT2D eigenvalue weighted by Crippen LogP contribution is -2.16. The van der Waals surface area contributed by atoms with Crippen LogP contribution in [0.3, 0.4) is 0 Å². The molecule has 1 aliphatic heterocycles. The predicted molar refractivity (Wildman–Crippen MR) is 101 cm³/mol. The highest BCUT2D eigenvalue weighted by Crippen LogP contribution is 2.27. The van der Waals surface area contributed by atoms with Crippen LogP contribution in [0.1, 0.15) is 22.3 Å². The Kier molecular flexibility index (Phi) is 5.14. The molecule has 3 rings (SSSR count). The van der Waals surface area contributed by atoms with E-state index in [0.29, 0.717) is 22.6 Å². The van der Waals surface area contributed by atoms with Crippen LogP contribution in [0.5, 0.6) is 0 Å². The van der Waals surface area contributed by atoms with E-state index < -0.39 is 0 Å². The van der Waals surface area contributed by atoms with E-state index in [1.165, 1.54) is 0 Å². The van der Waals surface area contributed by atoms with Gasteiger partial charge >= 0.3 is 0 Å². The topological polar surface area (TPSA) is 64.7 Å². The quantitative estimate of drug-likeness (QED) is 0.767. The molecule has 25 heavy (non-hydrogen) atoms. The second-order valence-corrected chi connectivity index (χ2v) is 6.62. The van der Waals surface area contributed by atoms with Crippen molar-refractivity contribution in [2.75, 3.05) is 11.5 Å². The van der Waals surface area contributed by atoms with Gasteiger partial charge in [0.15, 0.2) is 5.78 Å². The molecule has 0 aromatic heterocycles. The van der Waals surface area contributed by atoms with E-state index in [9.17, 15) is 4.79 Å². The van der Waals surface area contributed by atoms with Crippen molar-refractivity contribution in [2.45, 2.75) is 0 Å². The molecular weight excluding hydrogens is 328 g/mol. The van der Waals surface area contributed by atoms with Gasteiger partial charge < -0.3 is 0 Å². The lowest BCUT2D eigenvalue weighted by molar-refractivity contribution is -0.112. The molecule has 0 spiro atoms. The summed E-state index contributed by atoms with van der Waals surface area (Å²) < 4.78 is 0. The number of hydrogen-bond donors (Lipinski definition) is 0. The first-order chi connectivity index (χ1) is 12.2. The van der Waals surface area contributed by atoms with Crippen molar-refractivity contribution >= 4 is 29.7 Å². The van der Waals surface area contributed by atoms with Crippen LogP contribution in [0.4, 0.5) is 0 Å². The third kappa shape index (κ3) is 4.07. The molecule has 0 aliphatic carbocycles. The summed E-state index contributed by atoms with van der Waals surface area (Å²) in [5.41, 5.74) is 4.33. The lowest BCUT2D eigenvalue weighted by atomic mass is 9.99. The monoisotopic (exact) mass is 342 g/mol. The highest BCUT2D eigenvalue weighted by molar-refractivity contribution is 7.99. The summed E-state index contributed by atoms with van der Waals surface area (Å²) in [7, 11) is 0. The molecule has 2 aromatic carbocycles. The van der Waals surface area contributed by atoms with E-state index in [0.717, 1.165) is 22.3 Å². The minimum absolute atomic E-state index is 0.0310. The standard InChI is InChI=1S/C21H14N2OS/c22-11-17-5-1-3-15(7-17)9-19-13-25-14-20(21(19)24)10-16-4-2-6-18(8-16)12-23/h1-10H,13-14H2/b19-9+,20-10+. The molecule has 4 heteroatoms. The van der Waals surface area contributed by atoms with Crippen molar-refractivity contribution in [3.8, 4) is 12.1 Å². The van der Waals surface area contributed by atoms with Crippen LogP contribution in [0, 0.1) is 22.7 Å². The van der Waals surface area contributed by atoms with Gasteiger partial charge in [-0.1, -0.05) is 24.3 Å². The largest absolute Gasteiger partial charge is 0.289 e. The van der Waals surface area contributed by atoms with E-state index in [1.54, 1.807) is 36.0 Å². The SMILES string of the molecule is N#Cc1cccc(/C=C2\CSC/C(=C\c3cccc(C#N)c3)C2=O)c1. The fourth-order valence-corrected chi connectivity index (χ4v) is 3.59. The summed E-state index contributed by atoms with van der Waals surface area (Å²) in [5, 5.41) is 18.0. The fourth-order valence-electron chi connectivity index (χ4n) is 2.62. The summed E-state index contributed by atoms with van der Waals surface area (Å²) in [6.07, 6.45) is 3.71. The van der Waals surface area contributed by atoms with Crippen molar-refractivity contribution < 1.29 is 4.79 Å². The normalized spacial score (nSPS) is 17.3. The van der Waals surface area contributed by atoms with Gasteiger partial charge in [-0.15, -0.1) is 0 Å². The summed E-state index contributed by atoms with van der Waals surface area (Å²) in [5.74, 6) is 1.35. The maximum atomic E-state index is 12.8. The molecule has 3 nitrogen and oxygen atoms in total. The minimum atomic E-state index is 0.0310. The smallest absolute Gasteiger partial charge is 0.186 e. The van der Waals surface area contributed by atoms with E-state index in [4.69, 9.17) is 10.5 Å². The Balaban J connectivity index is 1.90. The van der Waals surface area contributed by atoms with Gasteiger partial charge in [-0.3, -0.25) is 4.79 Å². The van der Waals surface area contributed by atoms with Gasteiger partial charge in [-0.05, 0) is 47.5 Å². The maximum absolute atomic E-state index is 12.8. The Morgan fingerprint density at radius 2 is 1.32 bits per heavy atom. The first kappa shape index (κ1) is 16.8. The lowest BCUT2D eigenvalue weighted by Gasteiger charge is -2.16. The Morgan fingerprint density at radius 1 is 0.840 bits per heavy atom. The molecule has 0 atom stereocenters. The van der Waals surface area contributed by atoms with Crippen LogP contribution < -0.4 is 0 Å². The molecule has 0 unspecified atom stereocenters. The number of carbonyl (C=O) groups is 1. The van der Waals surface area contributed by atoms with Gasteiger partial charge in [0.2, 0.25) is 0 Å². The van der Waals surface area contributed by atoms with Crippen LogP contribution in [0.25, 0.3) is 12.2 Å². The van der Waals surface area contributed by atoms with Crippen molar-refractivity contribution in [3.05, 3.63) is 81.9 Å². The average molecular weight is 342 g/mol. The molecule has 1 fully saturated rings. The summed E-state index contributed by atoms with van der Waals surface area (Å²) in [6, 6.07) is 18.7. The predicted octanol–water partition coefficient (Wildman–Crippen LogP) is 4.21. The molecule has 1 saturated heterocycles. The van der Waals surface area contributed by atoms with Crippen molar-refractivity contribution in [3.63, 3.8) is 0 Å². The summed E-state index contributed by atoms with van der Waals surface area (Å²) >= 11 is 1.69. The Labute approximate surface area is 150 Å². The van der Waals surface area contributed by atoms with Crippen LogP contribution >= 0.6 is 11.8 Å². The van der Waals surface area contributed by atoms with Crippen molar-refractivity contribution in [1.82, 2.24) is 0 Å². The second-order valence-electron chi connectivity index (χ2n) is 5.64. The van der Waals surface area contributed by atoms with Gasteiger partial charge in [-0.25, -0.2) is 0 Å². The highest BCUT2D eigenvalue weighted by atomic mass is 32.2. The van der Waals surface area contributed by atoms with Crippen molar-refractivity contribution in [1.29, 1.82) is 10.5 Å². The molecule has 120 valence electrons. The molecule has 0 radical (unpaired) electrons. The maximum Gasteiger partial charge on any atom is 0.186 e. The zero-order valence-electron chi connectivity index (χ0n) is 13.4. The number of thioether (sulfide) groups is 1. The van der Waals surface area contributed by atoms with E-state index >= 15 is 0 Å². The molecule has 1 aliphatic rings. The summed E-state index contributed by atoms with van der Waals surface area (Å²) in [4.78, 5) is 12.8. The number of benzene rings is 2. The van der Waals surface area contributed by atoms with Crippen LogP contribution in [-0.2, 0) is 4.79 Å². The molecule has 2 aromatic rings. The average Bonchev–Trinajstić information content (AvgIpc) is 2.65. The first-order valence-electron chi connectivity index (χ1n) is 7.73. The number of nitriles is 2. The Hall–Kier alpha value is -3.08. The number of nitrogens with zero attached hydrogens (tertiary/aromatic N) is 2. The van der Waals surface area contributed by atoms with Crippen LogP contribution in [0.2, 0.25) is 0 Å². The number of rotatable bonds is 2. The highest BCUT2D eigenvalue weighted by Gasteiger charge is 2.21.